The second kappa shape index (κ2) is 13.9. The predicted octanol–water partition coefficient (Wildman–Crippen LogP) is -0.333. The zero-order valence-electron chi connectivity index (χ0n) is 29.9. The third-order valence-corrected chi connectivity index (χ3v) is 13.2. The highest BCUT2D eigenvalue weighted by Gasteiger charge is 2.70. The Hall–Kier alpha value is -3.03. The average Bonchev–Trinajstić information content (AvgIpc) is 3.41. The fourth-order valence-electron chi connectivity index (χ4n) is 10.8. The van der Waals surface area contributed by atoms with Gasteiger partial charge in [-0.1, -0.05) is 27.4 Å². The number of Topliss-reactive ketones (excluding diaryl/α,β-unsaturated/α-hetero) is 1. The van der Waals surface area contributed by atoms with Crippen LogP contribution in [-0.2, 0) is 47.7 Å². The summed E-state index contributed by atoms with van der Waals surface area (Å²) < 4.78 is 28.2. The number of carboxylic acid groups (broad SMARTS) is 2. The summed E-state index contributed by atoms with van der Waals surface area (Å²) in [5, 5.41) is 75.6. The lowest BCUT2D eigenvalue weighted by molar-refractivity contribution is -0.364. The number of ether oxygens (including phenoxy) is 5. The van der Waals surface area contributed by atoms with Crippen LogP contribution in [0.5, 0.6) is 0 Å². The zero-order valence-corrected chi connectivity index (χ0v) is 29.9. The maximum atomic E-state index is 13.2. The zero-order chi connectivity index (χ0) is 39.0. The first-order valence-corrected chi connectivity index (χ1v) is 18.2. The van der Waals surface area contributed by atoms with Crippen molar-refractivity contribution >= 4 is 29.7 Å². The quantitative estimate of drug-likeness (QED) is 0.0616. The van der Waals surface area contributed by atoms with Crippen LogP contribution in [-0.4, -0.2) is 133 Å². The van der Waals surface area contributed by atoms with Gasteiger partial charge >= 0.3 is 23.9 Å². The highest BCUT2D eigenvalue weighted by molar-refractivity contribution is 6.38. The van der Waals surface area contributed by atoms with Crippen molar-refractivity contribution in [2.45, 2.75) is 126 Å². The number of rotatable bonds is 11. The number of aliphatic carboxylic acids is 2. The summed E-state index contributed by atoms with van der Waals surface area (Å²) in [6.07, 6.45) is -9.16. The Morgan fingerprint density at radius 3 is 2.32 bits per heavy atom. The summed E-state index contributed by atoms with van der Waals surface area (Å²) in [7, 11) is 0. The van der Waals surface area contributed by atoms with Gasteiger partial charge in [-0.25, -0.2) is 9.59 Å². The van der Waals surface area contributed by atoms with Crippen LogP contribution >= 0.6 is 0 Å². The molecule has 2 saturated heterocycles. The monoisotopic (exact) mass is 754 g/mol. The summed E-state index contributed by atoms with van der Waals surface area (Å²) in [5.41, 5.74) is -6.80. The molecule has 4 aliphatic carbocycles. The molecule has 7 N–H and O–H groups in total. The van der Waals surface area contributed by atoms with Gasteiger partial charge in [-0.15, -0.1) is 0 Å². The molecule has 6 aliphatic rings. The van der Waals surface area contributed by atoms with Gasteiger partial charge in [-0.3, -0.25) is 14.4 Å². The van der Waals surface area contributed by atoms with E-state index in [9.17, 15) is 59.7 Å². The molecule has 0 amide bonds. The minimum Gasteiger partial charge on any atom is -0.481 e. The van der Waals surface area contributed by atoms with Gasteiger partial charge in [0.1, 0.15) is 12.2 Å². The van der Waals surface area contributed by atoms with Crippen molar-refractivity contribution in [1.29, 1.82) is 0 Å². The smallest absolute Gasteiger partial charge is 0.380 e. The van der Waals surface area contributed by atoms with Gasteiger partial charge in [0, 0.05) is 11.8 Å². The summed E-state index contributed by atoms with van der Waals surface area (Å²) in [6.45, 7) is 7.03. The Labute approximate surface area is 305 Å². The predicted molar refractivity (Wildman–Crippen MR) is 174 cm³/mol. The molecular formula is C36H50O17. The standard InChI is InChI=1S/C36H50O17/c1-15(2)9-23(39)51-27-30(50-21(13-37)26(36(27,48)31(45)46)52-32-35(47,14-38)25(41)29(44)53-32)49-18-10-19(28(42)43)20-7-8-34-11-17(16(3)24(34)40)5-6-22(34)33(20,4)12-18/h15,17-22,24,26-27,30,32,37-38,40,47-48H,3,5-14H2,1-2,4H3,(H,42,43)(H,45,46). The van der Waals surface area contributed by atoms with Gasteiger partial charge in [0.25, 0.3) is 5.78 Å². The number of ketones is 1. The molecule has 0 radical (unpaired) electrons. The molecule has 1 spiro atoms. The maximum absolute atomic E-state index is 13.2. The lowest BCUT2D eigenvalue weighted by Gasteiger charge is -2.62. The number of carboxylic acids is 2. The third-order valence-electron chi connectivity index (χ3n) is 13.2. The topological polar surface area (TPSA) is 273 Å². The molecular weight excluding hydrogens is 704 g/mol. The Bertz CT molecular complexity index is 1530. The van der Waals surface area contributed by atoms with Crippen LogP contribution in [0.1, 0.15) is 72.1 Å². The van der Waals surface area contributed by atoms with Crippen LogP contribution in [0.3, 0.4) is 0 Å². The molecule has 0 aromatic carbocycles. The number of cyclic esters (lactones) is 1. The van der Waals surface area contributed by atoms with E-state index in [2.05, 4.69) is 6.58 Å². The van der Waals surface area contributed by atoms with Crippen molar-refractivity contribution in [1.82, 2.24) is 0 Å². The second-order valence-corrected chi connectivity index (χ2v) is 16.6. The van der Waals surface area contributed by atoms with Gasteiger partial charge in [0.15, 0.2) is 12.4 Å². The average molecular weight is 755 g/mol. The number of carbonyl (C=O) groups excluding carboxylic acids is 3. The summed E-state index contributed by atoms with van der Waals surface area (Å²) in [4.78, 5) is 63.5. The van der Waals surface area contributed by atoms with Crippen LogP contribution in [0, 0.1) is 40.4 Å². The van der Waals surface area contributed by atoms with Gasteiger partial charge in [-0.05, 0) is 79.6 Å². The van der Waals surface area contributed by atoms with Gasteiger partial charge in [0.2, 0.25) is 17.5 Å². The molecule has 0 aromatic heterocycles. The van der Waals surface area contributed by atoms with E-state index in [0.29, 0.717) is 12.8 Å². The van der Waals surface area contributed by atoms with E-state index < -0.39 is 114 Å². The summed E-state index contributed by atoms with van der Waals surface area (Å²) in [6, 6.07) is 0. The number of aliphatic hydroxyl groups excluding tert-OH is 3. The molecule has 296 valence electrons. The number of carbonyl (C=O) groups is 5. The number of fused-ring (bicyclic) bond motifs is 3. The molecule has 2 heterocycles. The fraction of sp³-hybridized carbons (Fsp3) is 0.806. The molecule has 6 rings (SSSR count). The molecule has 17 heteroatoms. The van der Waals surface area contributed by atoms with E-state index >= 15 is 0 Å². The number of esters is 2. The summed E-state index contributed by atoms with van der Waals surface area (Å²) >= 11 is 0. The Morgan fingerprint density at radius 1 is 1.02 bits per heavy atom. The molecule has 15 atom stereocenters. The Kier molecular flexibility index (Phi) is 10.4. The van der Waals surface area contributed by atoms with Crippen LogP contribution in [0.2, 0.25) is 0 Å². The SMILES string of the molecule is C=C1C2CCC3C4(C)CC(OC5OC(CO)C(OC6OC(=O)C(=O)C6(O)CO)C(O)(C(=O)O)C5OC(=O)CC(C)C)CC(C(=O)O)C4CCC3(C2)C1O. The highest BCUT2D eigenvalue weighted by atomic mass is 16.8. The molecule has 2 aliphatic heterocycles. The highest BCUT2D eigenvalue weighted by Crippen LogP contribution is 2.70. The van der Waals surface area contributed by atoms with Crippen LogP contribution in [0.25, 0.3) is 0 Å². The minimum atomic E-state index is -3.38. The molecule has 15 unspecified atom stereocenters. The molecule has 17 nitrogen and oxygen atoms in total. The third kappa shape index (κ3) is 6.11. The van der Waals surface area contributed by atoms with E-state index in [-0.39, 0.29) is 42.9 Å². The van der Waals surface area contributed by atoms with Crippen molar-refractivity contribution in [3.05, 3.63) is 12.2 Å². The van der Waals surface area contributed by atoms with Gasteiger partial charge in [0.05, 0.1) is 31.3 Å². The fourth-order valence-corrected chi connectivity index (χ4v) is 10.8. The van der Waals surface area contributed by atoms with Crippen molar-refractivity contribution in [3.8, 4) is 0 Å². The Morgan fingerprint density at radius 2 is 1.72 bits per heavy atom. The summed E-state index contributed by atoms with van der Waals surface area (Å²) in [5.74, 6) is -8.84. The molecule has 4 saturated carbocycles. The first-order chi connectivity index (χ1) is 24.8. The van der Waals surface area contributed by atoms with Gasteiger partial charge < -0.3 is 59.4 Å². The molecule has 0 aromatic rings. The lowest BCUT2D eigenvalue weighted by Crippen LogP contribution is -2.73. The van der Waals surface area contributed by atoms with E-state index in [1.54, 1.807) is 13.8 Å². The molecule has 6 fully saturated rings. The normalized spacial score (nSPS) is 46.4. The first-order valence-electron chi connectivity index (χ1n) is 18.2. The van der Waals surface area contributed by atoms with E-state index in [4.69, 9.17) is 23.7 Å². The van der Waals surface area contributed by atoms with E-state index in [1.807, 2.05) is 6.92 Å². The van der Waals surface area contributed by atoms with E-state index in [1.165, 1.54) is 0 Å². The van der Waals surface area contributed by atoms with Crippen LogP contribution in [0.4, 0.5) is 0 Å². The first kappa shape index (κ1) is 39.7. The van der Waals surface area contributed by atoms with Crippen molar-refractivity contribution in [2.75, 3.05) is 13.2 Å². The molecule has 2 bridgehead atoms. The van der Waals surface area contributed by atoms with Crippen molar-refractivity contribution in [3.63, 3.8) is 0 Å². The minimum absolute atomic E-state index is 0.0569. The second-order valence-electron chi connectivity index (χ2n) is 16.6. The van der Waals surface area contributed by atoms with Crippen LogP contribution < -0.4 is 0 Å². The largest absolute Gasteiger partial charge is 0.481 e. The van der Waals surface area contributed by atoms with Crippen molar-refractivity contribution < 1.29 is 83.4 Å². The number of hydrogen-bond acceptors (Lipinski definition) is 15. The number of hydrogen-bond donors (Lipinski definition) is 7. The van der Waals surface area contributed by atoms with Crippen molar-refractivity contribution in [2.24, 2.45) is 40.4 Å². The van der Waals surface area contributed by atoms with E-state index in [0.717, 1.165) is 24.8 Å². The van der Waals surface area contributed by atoms with Crippen LogP contribution in [0.15, 0.2) is 12.2 Å². The maximum Gasteiger partial charge on any atom is 0.380 e. The lowest BCUT2D eigenvalue weighted by atomic mass is 9.43. The number of aliphatic hydroxyl groups is 5. The Balaban J connectivity index is 1.36. The molecule has 53 heavy (non-hydrogen) atoms. The van der Waals surface area contributed by atoms with Gasteiger partial charge in [-0.2, -0.15) is 0 Å².